The molecule has 2 unspecified atom stereocenters. The normalized spacial score (nSPS) is 22.4. The fraction of sp³-hybridized carbons (Fsp3) is 0.533. The lowest BCUT2D eigenvalue weighted by Crippen LogP contribution is -2.37. The molecule has 1 aliphatic heterocycles. The van der Waals surface area contributed by atoms with Gasteiger partial charge in [0.1, 0.15) is 0 Å². The van der Waals surface area contributed by atoms with Crippen LogP contribution < -0.4 is 0 Å². The predicted molar refractivity (Wildman–Crippen MR) is 79.2 cm³/mol. The third kappa shape index (κ3) is 4.05. The zero-order valence-electron chi connectivity index (χ0n) is 11.2. The smallest absolute Gasteiger partial charge is 0.228 e. The molecule has 0 aliphatic carbocycles. The Morgan fingerprint density at radius 2 is 2.16 bits per heavy atom. The Kier molecular flexibility index (Phi) is 5.40. The van der Waals surface area contributed by atoms with E-state index < -0.39 is 0 Å². The van der Waals surface area contributed by atoms with Crippen molar-refractivity contribution in [3.63, 3.8) is 0 Å². The van der Waals surface area contributed by atoms with Crippen LogP contribution in [0, 0.1) is 5.92 Å². The molecule has 104 valence electrons. The average Bonchev–Trinajstić information content (AvgIpc) is 2.85. The van der Waals surface area contributed by atoms with E-state index in [1.165, 1.54) is 5.56 Å². The van der Waals surface area contributed by atoms with Gasteiger partial charge in [-0.2, -0.15) is 0 Å². The number of amides is 1. The van der Waals surface area contributed by atoms with Gasteiger partial charge in [0.05, 0.1) is 18.6 Å². The fourth-order valence-corrected chi connectivity index (χ4v) is 2.85. The first kappa shape index (κ1) is 14.5. The monoisotopic (exact) mass is 325 g/mol. The van der Waals surface area contributed by atoms with Crippen molar-refractivity contribution in [3.05, 3.63) is 35.9 Å². The molecule has 0 spiro atoms. The molecule has 1 heterocycles. The van der Waals surface area contributed by atoms with E-state index in [2.05, 4.69) is 28.1 Å². The van der Waals surface area contributed by atoms with Crippen molar-refractivity contribution in [1.29, 1.82) is 0 Å². The molecular weight excluding hydrogens is 306 g/mol. The van der Waals surface area contributed by atoms with Crippen LogP contribution in [0.2, 0.25) is 0 Å². The first-order chi connectivity index (χ1) is 9.20. The zero-order valence-corrected chi connectivity index (χ0v) is 12.8. The number of ether oxygens (including phenoxy) is 1. The quantitative estimate of drug-likeness (QED) is 0.779. The Hall–Kier alpha value is -0.870. The number of carbonyl (C=O) groups is 1. The Bertz CT molecular complexity index is 410. The summed E-state index contributed by atoms with van der Waals surface area (Å²) >= 11 is 3.43. The largest absolute Gasteiger partial charge is 0.378 e. The zero-order chi connectivity index (χ0) is 13.7. The van der Waals surface area contributed by atoms with E-state index in [4.69, 9.17) is 4.74 Å². The minimum Gasteiger partial charge on any atom is -0.378 e. The van der Waals surface area contributed by atoms with Gasteiger partial charge in [-0.3, -0.25) is 4.79 Å². The van der Waals surface area contributed by atoms with Gasteiger partial charge in [0.2, 0.25) is 5.91 Å². The van der Waals surface area contributed by atoms with Crippen molar-refractivity contribution in [2.75, 3.05) is 18.5 Å². The first-order valence-corrected chi connectivity index (χ1v) is 7.83. The Morgan fingerprint density at radius 1 is 1.42 bits per heavy atom. The first-order valence-electron chi connectivity index (χ1n) is 6.71. The summed E-state index contributed by atoms with van der Waals surface area (Å²) in [5.41, 5.74) is 1.17. The standard InChI is InChI=1S/C15H20BrNO2/c1-12-9-14(11-19-12)15(18)17(8-7-16)10-13-5-3-2-4-6-13/h2-6,12,14H,7-11H2,1H3. The molecule has 1 saturated heterocycles. The van der Waals surface area contributed by atoms with E-state index in [1.807, 2.05) is 30.0 Å². The fourth-order valence-electron chi connectivity index (χ4n) is 2.42. The molecule has 1 amide bonds. The van der Waals surface area contributed by atoms with Crippen LogP contribution in [0.5, 0.6) is 0 Å². The molecule has 1 aliphatic rings. The molecule has 1 aromatic carbocycles. The average molecular weight is 326 g/mol. The molecule has 0 N–H and O–H groups in total. The van der Waals surface area contributed by atoms with Crippen LogP contribution in [0.4, 0.5) is 0 Å². The molecule has 0 aromatic heterocycles. The van der Waals surface area contributed by atoms with Crippen molar-refractivity contribution in [2.45, 2.75) is 26.0 Å². The second-order valence-corrected chi connectivity index (χ2v) is 5.80. The summed E-state index contributed by atoms with van der Waals surface area (Å²) in [5, 5.41) is 0.800. The van der Waals surface area contributed by atoms with Gasteiger partial charge >= 0.3 is 0 Å². The van der Waals surface area contributed by atoms with E-state index >= 15 is 0 Å². The number of alkyl halides is 1. The topological polar surface area (TPSA) is 29.5 Å². The van der Waals surface area contributed by atoms with Crippen molar-refractivity contribution in [1.82, 2.24) is 4.90 Å². The van der Waals surface area contributed by atoms with Gasteiger partial charge in [-0.1, -0.05) is 46.3 Å². The van der Waals surface area contributed by atoms with Gasteiger partial charge in [0.15, 0.2) is 0 Å². The minimum atomic E-state index is 0.0257. The summed E-state index contributed by atoms with van der Waals surface area (Å²) in [6.45, 7) is 4.00. The van der Waals surface area contributed by atoms with Crippen molar-refractivity contribution < 1.29 is 9.53 Å². The van der Waals surface area contributed by atoms with Crippen molar-refractivity contribution in [3.8, 4) is 0 Å². The maximum atomic E-state index is 12.5. The van der Waals surface area contributed by atoms with Gasteiger partial charge in [-0.05, 0) is 18.9 Å². The van der Waals surface area contributed by atoms with Crippen LogP contribution in [0.25, 0.3) is 0 Å². The van der Waals surface area contributed by atoms with Crippen molar-refractivity contribution in [2.24, 2.45) is 5.92 Å². The third-order valence-electron chi connectivity index (χ3n) is 3.43. The highest BCUT2D eigenvalue weighted by Crippen LogP contribution is 2.22. The molecular formula is C15H20BrNO2. The van der Waals surface area contributed by atoms with Crippen molar-refractivity contribution >= 4 is 21.8 Å². The maximum Gasteiger partial charge on any atom is 0.228 e. The van der Waals surface area contributed by atoms with E-state index in [0.29, 0.717) is 13.2 Å². The summed E-state index contributed by atoms with van der Waals surface area (Å²) in [7, 11) is 0. The third-order valence-corrected chi connectivity index (χ3v) is 3.78. The number of rotatable bonds is 5. The van der Waals surface area contributed by atoms with E-state index in [1.54, 1.807) is 0 Å². The van der Waals surface area contributed by atoms with Crippen LogP contribution in [-0.4, -0.2) is 35.4 Å². The maximum absolute atomic E-state index is 12.5. The van der Waals surface area contributed by atoms with E-state index in [-0.39, 0.29) is 17.9 Å². The summed E-state index contributed by atoms with van der Waals surface area (Å²) in [6, 6.07) is 10.1. The molecule has 0 radical (unpaired) electrons. The lowest BCUT2D eigenvalue weighted by molar-refractivity contribution is -0.135. The van der Waals surface area contributed by atoms with Crippen LogP contribution in [0.15, 0.2) is 30.3 Å². The summed E-state index contributed by atoms with van der Waals surface area (Å²) in [5.74, 6) is 0.241. The lowest BCUT2D eigenvalue weighted by atomic mass is 10.0. The highest BCUT2D eigenvalue weighted by molar-refractivity contribution is 9.09. The molecule has 1 aromatic rings. The number of hydrogen-bond acceptors (Lipinski definition) is 2. The van der Waals surface area contributed by atoms with Crippen LogP contribution in [0.1, 0.15) is 18.9 Å². The summed E-state index contributed by atoms with van der Waals surface area (Å²) in [6.07, 6.45) is 1.04. The Labute approximate surface area is 123 Å². The molecule has 0 saturated carbocycles. The SMILES string of the molecule is CC1CC(C(=O)N(CCBr)Cc2ccccc2)CO1. The van der Waals surface area contributed by atoms with Gasteiger partial charge < -0.3 is 9.64 Å². The Balaban J connectivity index is 2.01. The summed E-state index contributed by atoms with van der Waals surface area (Å²) in [4.78, 5) is 14.4. The number of nitrogens with zero attached hydrogens (tertiary/aromatic N) is 1. The summed E-state index contributed by atoms with van der Waals surface area (Å²) < 4.78 is 5.51. The second-order valence-electron chi connectivity index (χ2n) is 5.01. The van der Waals surface area contributed by atoms with Crippen LogP contribution >= 0.6 is 15.9 Å². The number of hydrogen-bond donors (Lipinski definition) is 0. The molecule has 2 atom stereocenters. The van der Waals surface area contributed by atoms with Gasteiger partial charge in [-0.15, -0.1) is 0 Å². The predicted octanol–water partition coefficient (Wildman–Crippen LogP) is 2.84. The molecule has 3 nitrogen and oxygen atoms in total. The highest BCUT2D eigenvalue weighted by Gasteiger charge is 2.31. The van der Waals surface area contributed by atoms with E-state index in [0.717, 1.165) is 18.3 Å². The van der Waals surface area contributed by atoms with Crippen LogP contribution in [0.3, 0.4) is 0 Å². The molecule has 1 fully saturated rings. The molecule has 2 rings (SSSR count). The number of carbonyl (C=O) groups excluding carboxylic acids is 1. The highest BCUT2D eigenvalue weighted by atomic mass is 79.9. The minimum absolute atomic E-state index is 0.0257. The van der Waals surface area contributed by atoms with Gasteiger partial charge in [0.25, 0.3) is 0 Å². The van der Waals surface area contributed by atoms with E-state index in [9.17, 15) is 4.79 Å². The molecule has 19 heavy (non-hydrogen) atoms. The van der Waals surface area contributed by atoms with Crippen LogP contribution in [-0.2, 0) is 16.1 Å². The number of halogens is 1. The number of benzene rings is 1. The molecule has 0 bridgehead atoms. The second kappa shape index (κ2) is 7.06. The van der Waals surface area contributed by atoms with Gasteiger partial charge in [0, 0.05) is 18.4 Å². The lowest BCUT2D eigenvalue weighted by Gasteiger charge is -2.24. The Morgan fingerprint density at radius 3 is 2.74 bits per heavy atom. The molecule has 4 heteroatoms. The van der Waals surface area contributed by atoms with Gasteiger partial charge in [-0.25, -0.2) is 0 Å².